The van der Waals surface area contributed by atoms with Crippen LogP contribution in [0.1, 0.15) is 32.9 Å². The van der Waals surface area contributed by atoms with Gasteiger partial charge in [-0.25, -0.2) is 4.98 Å². The number of aryl methyl sites for hydroxylation is 2. The molecule has 0 unspecified atom stereocenters. The molecule has 0 spiro atoms. The zero-order valence-corrected chi connectivity index (χ0v) is 13.1. The van der Waals surface area contributed by atoms with Crippen LogP contribution in [-0.2, 0) is 16.1 Å². The van der Waals surface area contributed by atoms with Crippen LogP contribution in [0.4, 0.5) is 0 Å². The van der Waals surface area contributed by atoms with Crippen LogP contribution in [0.5, 0.6) is 0 Å². The van der Waals surface area contributed by atoms with E-state index in [4.69, 9.17) is 5.11 Å². The second-order valence-electron chi connectivity index (χ2n) is 5.59. The maximum Gasteiger partial charge on any atom is 0.313 e. The Bertz CT molecular complexity index is 492. The molecule has 0 fully saturated rings. The number of nitrogens with zero attached hydrogens (tertiary/aromatic N) is 2. The fourth-order valence-electron chi connectivity index (χ4n) is 1.63. The van der Waals surface area contributed by atoms with E-state index in [2.05, 4.69) is 10.3 Å². The molecule has 1 aromatic rings. The first-order chi connectivity index (χ1) is 9.17. The molecule has 1 heterocycles. The van der Waals surface area contributed by atoms with Gasteiger partial charge in [0.15, 0.2) is 5.16 Å². The Morgan fingerprint density at radius 1 is 1.45 bits per heavy atom. The number of amides is 1. The zero-order chi connectivity index (χ0) is 15.3. The lowest BCUT2D eigenvalue weighted by molar-refractivity contribution is -0.134. The molecule has 0 radical (unpaired) electrons. The molecule has 0 aromatic carbocycles. The number of hydrogen-bond donors (Lipinski definition) is 2. The fraction of sp³-hybridized carbons (Fsp3) is 0.615. The molecule has 0 atom stereocenters. The lowest BCUT2D eigenvalue weighted by atomic mass is 10.1. The molecule has 1 amide bonds. The second kappa shape index (κ2) is 6.78. The second-order valence-corrected chi connectivity index (χ2v) is 6.53. The lowest BCUT2D eigenvalue weighted by Gasteiger charge is -2.20. The fourth-order valence-corrected chi connectivity index (χ4v) is 2.40. The maximum absolute atomic E-state index is 11.8. The summed E-state index contributed by atoms with van der Waals surface area (Å²) in [5.74, 6) is -0.948. The molecule has 0 bridgehead atoms. The number of aromatic nitrogens is 2. The molecular weight excluding hydrogens is 278 g/mol. The summed E-state index contributed by atoms with van der Waals surface area (Å²) < 4.78 is 1.82. The number of carboxylic acid groups (broad SMARTS) is 1. The van der Waals surface area contributed by atoms with E-state index in [9.17, 15) is 9.59 Å². The van der Waals surface area contributed by atoms with Gasteiger partial charge in [-0.15, -0.1) is 0 Å². The summed E-state index contributed by atoms with van der Waals surface area (Å²) in [6, 6.07) is 0. The van der Waals surface area contributed by atoms with E-state index < -0.39 is 5.97 Å². The van der Waals surface area contributed by atoms with Crippen molar-refractivity contribution in [1.29, 1.82) is 0 Å². The van der Waals surface area contributed by atoms with Crippen molar-refractivity contribution in [3.05, 3.63) is 11.9 Å². The third-order valence-corrected chi connectivity index (χ3v) is 3.25. The van der Waals surface area contributed by atoms with Gasteiger partial charge in [0.1, 0.15) is 0 Å². The highest BCUT2D eigenvalue weighted by molar-refractivity contribution is 7.99. The molecule has 20 heavy (non-hydrogen) atoms. The van der Waals surface area contributed by atoms with E-state index >= 15 is 0 Å². The van der Waals surface area contributed by atoms with Crippen LogP contribution in [0.2, 0.25) is 0 Å². The van der Waals surface area contributed by atoms with Crippen molar-refractivity contribution in [2.24, 2.45) is 0 Å². The van der Waals surface area contributed by atoms with Gasteiger partial charge in [-0.2, -0.15) is 0 Å². The predicted molar refractivity (Wildman–Crippen MR) is 77.8 cm³/mol. The minimum Gasteiger partial charge on any atom is -0.481 e. The molecule has 0 saturated carbocycles. The van der Waals surface area contributed by atoms with Gasteiger partial charge in [-0.05, 0) is 27.7 Å². The molecule has 1 rings (SSSR count). The number of thioether (sulfide) groups is 1. The molecule has 1 aromatic heterocycles. The smallest absolute Gasteiger partial charge is 0.313 e. The van der Waals surface area contributed by atoms with Crippen LogP contribution >= 0.6 is 11.8 Å². The van der Waals surface area contributed by atoms with E-state index in [1.54, 1.807) is 0 Å². The van der Waals surface area contributed by atoms with Gasteiger partial charge in [0.2, 0.25) is 5.91 Å². The molecular formula is C13H21N3O3S. The summed E-state index contributed by atoms with van der Waals surface area (Å²) >= 11 is 1.16. The SMILES string of the molecule is Cc1cn(CCC(=O)NC(C)(C)C)c(SCC(=O)O)n1. The number of carbonyl (C=O) groups is 2. The van der Waals surface area contributed by atoms with Crippen LogP contribution in [0.3, 0.4) is 0 Å². The third-order valence-electron chi connectivity index (χ3n) is 2.28. The van der Waals surface area contributed by atoms with Gasteiger partial charge >= 0.3 is 5.97 Å². The van der Waals surface area contributed by atoms with E-state index in [0.717, 1.165) is 17.5 Å². The summed E-state index contributed by atoms with van der Waals surface area (Å²) in [5, 5.41) is 12.2. The predicted octanol–water partition coefficient (Wildman–Crippen LogP) is 1.67. The highest BCUT2D eigenvalue weighted by atomic mass is 32.2. The van der Waals surface area contributed by atoms with Gasteiger partial charge < -0.3 is 15.0 Å². The average molecular weight is 299 g/mol. The lowest BCUT2D eigenvalue weighted by Crippen LogP contribution is -2.40. The molecule has 0 aliphatic heterocycles. The van der Waals surface area contributed by atoms with Gasteiger partial charge in [0.05, 0.1) is 11.4 Å². The monoisotopic (exact) mass is 299 g/mol. The Hall–Kier alpha value is -1.50. The number of rotatable bonds is 6. The van der Waals surface area contributed by atoms with Crippen molar-refractivity contribution in [2.45, 2.75) is 51.4 Å². The minimum absolute atomic E-state index is 0.0296. The van der Waals surface area contributed by atoms with Crippen LogP contribution < -0.4 is 5.32 Å². The first-order valence-electron chi connectivity index (χ1n) is 6.37. The first kappa shape index (κ1) is 16.6. The summed E-state index contributed by atoms with van der Waals surface area (Å²) in [7, 11) is 0. The maximum atomic E-state index is 11.8. The number of carboxylic acids is 1. The van der Waals surface area contributed by atoms with Crippen LogP contribution in [-0.4, -0.2) is 37.8 Å². The normalized spacial score (nSPS) is 11.4. The quantitative estimate of drug-likeness (QED) is 0.781. The molecule has 0 aliphatic rings. The van der Waals surface area contributed by atoms with Gasteiger partial charge in [-0.1, -0.05) is 11.8 Å². The Labute approximate surface area is 123 Å². The highest BCUT2D eigenvalue weighted by Crippen LogP contribution is 2.17. The Morgan fingerprint density at radius 3 is 2.65 bits per heavy atom. The van der Waals surface area contributed by atoms with Crippen LogP contribution in [0, 0.1) is 6.92 Å². The standard InChI is InChI=1S/C13H21N3O3S/c1-9-7-16(12(14-9)20-8-11(18)19)6-5-10(17)15-13(2,3)4/h7H,5-6,8H2,1-4H3,(H,15,17)(H,18,19). The average Bonchev–Trinajstić information content (AvgIpc) is 2.62. The van der Waals surface area contributed by atoms with Crippen molar-refractivity contribution >= 4 is 23.6 Å². The van der Waals surface area contributed by atoms with E-state index in [1.807, 2.05) is 38.5 Å². The number of carbonyl (C=O) groups excluding carboxylic acids is 1. The molecule has 6 nitrogen and oxygen atoms in total. The van der Waals surface area contributed by atoms with E-state index in [-0.39, 0.29) is 17.2 Å². The number of aliphatic carboxylic acids is 1. The molecule has 7 heteroatoms. The number of hydrogen-bond acceptors (Lipinski definition) is 4. The van der Waals surface area contributed by atoms with Crippen molar-refractivity contribution in [2.75, 3.05) is 5.75 Å². The van der Waals surface area contributed by atoms with Crippen molar-refractivity contribution < 1.29 is 14.7 Å². The molecule has 2 N–H and O–H groups in total. The zero-order valence-electron chi connectivity index (χ0n) is 12.3. The van der Waals surface area contributed by atoms with Gasteiger partial charge in [0.25, 0.3) is 0 Å². The number of imidazole rings is 1. The minimum atomic E-state index is -0.882. The van der Waals surface area contributed by atoms with Gasteiger partial charge in [0, 0.05) is 24.7 Å². The van der Waals surface area contributed by atoms with Crippen LogP contribution in [0.25, 0.3) is 0 Å². The van der Waals surface area contributed by atoms with E-state index in [0.29, 0.717) is 18.1 Å². The number of nitrogens with one attached hydrogen (secondary N) is 1. The Kier molecular flexibility index (Phi) is 5.62. The summed E-state index contributed by atoms with van der Waals surface area (Å²) in [6.45, 7) is 8.13. The van der Waals surface area contributed by atoms with Gasteiger partial charge in [-0.3, -0.25) is 9.59 Å². The Balaban J connectivity index is 2.59. The largest absolute Gasteiger partial charge is 0.481 e. The van der Waals surface area contributed by atoms with Crippen molar-refractivity contribution in [3.63, 3.8) is 0 Å². The van der Waals surface area contributed by atoms with Crippen LogP contribution in [0.15, 0.2) is 11.4 Å². The van der Waals surface area contributed by atoms with E-state index in [1.165, 1.54) is 0 Å². The molecule has 112 valence electrons. The molecule has 0 aliphatic carbocycles. The topological polar surface area (TPSA) is 84.2 Å². The van der Waals surface area contributed by atoms with Crippen molar-refractivity contribution in [1.82, 2.24) is 14.9 Å². The third kappa shape index (κ3) is 6.10. The summed E-state index contributed by atoms with van der Waals surface area (Å²) in [4.78, 5) is 26.6. The highest BCUT2D eigenvalue weighted by Gasteiger charge is 2.15. The Morgan fingerprint density at radius 2 is 2.10 bits per heavy atom. The van der Waals surface area contributed by atoms with Crippen molar-refractivity contribution in [3.8, 4) is 0 Å². The summed E-state index contributed by atoms with van der Waals surface area (Å²) in [6.07, 6.45) is 2.17. The summed E-state index contributed by atoms with van der Waals surface area (Å²) in [5.41, 5.74) is 0.567. The molecule has 0 saturated heterocycles. The first-order valence-corrected chi connectivity index (χ1v) is 7.35.